The van der Waals surface area contributed by atoms with Gasteiger partial charge in [0.25, 0.3) is 5.91 Å². The van der Waals surface area contributed by atoms with Gasteiger partial charge in [-0.2, -0.15) is 5.10 Å². The summed E-state index contributed by atoms with van der Waals surface area (Å²) in [7, 11) is 1.84. The van der Waals surface area contributed by atoms with Crippen LogP contribution in [0.4, 0.5) is 22.9 Å². The van der Waals surface area contributed by atoms with Gasteiger partial charge in [-0.05, 0) is 61.0 Å². The molecule has 0 radical (unpaired) electrons. The van der Waals surface area contributed by atoms with Gasteiger partial charge in [0.15, 0.2) is 11.5 Å². The summed E-state index contributed by atoms with van der Waals surface area (Å²) in [5.41, 5.74) is 5.62. The van der Waals surface area contributed by atoms with Crippen molar-refractivity contribution >= 4 is 39.8 Å². The molecule has 10 heteroatoms. The molecular weight excluding hydrogens is 492 g/mol. The second-order valence-electron chi connectivity index (χ2n) is 9.40. The van der Waals surface area contributed by atoms with E-state index in [0.29, 0.717) is 22.9 Å². The summed E-state index contributed by atoms with van der Waals surface area (Å²) in [6, 6.07) is 17.2. The van der Waals surface area contributed by atoms with E-state index in [2.05, 4.69) is 25.6 Å². The van der Waals surface area contributed by atoms with Crippen molar-refractivity contribution in [1.82, 2.24) is 24.7 Å². The number of hydrogen-bond donors (Lipinski definition) is 2. The Hall–Kier alpha value is -4.83. The lowest BCUT2D eigenvalue weighted by Gasteiger charge is -2.28. The molecule has 6 rings (SSSR count). The zero-order valence-corrected chi connectivity index (χ0v) is 21.8. The SMILES string of the molecule is Cc1ccc(C(=O)Nc2ccc(N3CCOCC3)cc2)cc1Nc1nc(-c2cccnc2)nc2c1cnn2C. The van der Waals surface area contributed by atoms with Crippen LogP contribution in [0.15, 0.2) is 73.2 Å². The Morgan fingerprint density at radius 1 is 1.00 bits per heavy atom. The maximum Gasteiger partial charge on any atom is 0.255 e. The normalized spacial score (nSPS) is 13.4. The Labute approximate surface area is 225 Å². The van der Waals surface area contributed by atoms with Crippen LogP contribution in [0.3, 0.4) is 0 Å². The molecule has 0 atom stereocenters. The zero-order chi connectivity index (χ0) is 26.8. The number of amides is 1. The molecule has 0 aliphatic carbocycles. The third kappa shape index (κ3) is 5.14. The Bertz CT molecular complexity index is 1630. The van der Waals surface area contributed by atoms with E-state index in [-0.39, 0.29) is 5.91 Å². The molecule has 39 heavy (non-hydrogen) atoms. The Morgan fingerprint density at radius 3 is 2.59 bits per heavy atom. The molecule has 2 N–H and O–H groups in total. The number of aromatic nitrogens is 5. The number of hydrogen-bond acceptors (Lipinski definition) is 8. The number of nitrogens with one attached hydrogen (secondary N) is 2. The number of aryl methyl sites for hydroxylation is 2. The van der Waals surface area contributed by atoms with Crippen LogP contribution >= 0.6 is 0 Å². The third-order valence-electron chi connectivity index (χ3n) is 6.77. The molecule has 0 saturated carbocycles. The van der Waals surface area contributed by atoms with Gasteiger partial charge in [0.2, 0.25) is 0 Å². The molecule has 1 aliphatic heterocycles. The fourth-order valence-electron chi connectivity index (χ4n) is 4.55. The quantitative estimate of drug-likeness (QED) is 0.335. The first-order valence-corrected chi connectivity index (χ1v) is 12.8. The van der Waals surface area contributed by atoms with Gasteiger partial charge in [-0.15, -0.1) is 0 Å². The first-order chi connectivity index (χ1) is 19.0. The third-order valence-corrected chi connectivity index (χ3v) is 6.77. The topological polar surface area (TPSA) is 110 Å². The van der Waals surface area contributed by atoms with Crippen molar-refractivity contribution < 1.29 is 9.53 Å². The minimum Gasteiger partial charge on any atom is -0.378 e. The number of anilines is 4. The summed E-state index contributed by atoms with van der Waals surface area (Å²) in [6.07, 6.45) is 5.17. The molecule has 1 amide bonds. The van der Waals surface area contributed by atoms with Crippen molar-refractivity contribution in [2.24, 2.45) is 7.05 Å². The molecule has 5 aromatic rings. The van der Waals surface area contributed by atoms with Crippen molar-refractivity contribution in [2.75, 3.05) is 41.8 Å². The number of ether oxygens (including phenoxy) is 1. The lowest BCUT2D eigenvalue weighted by molar-refractivity contribution is 0.102. The number of morpholine rings is 1. The second kappa shape index (κ2) is 10.5. The summed E-state index contributed by atoms with van der Waals surface area (Å²) < 4.78 is 7.14. The number of nitrogens with zero attached hydrogens (tertiary/aromatic N) is 6. The Kier molecular flexibility index (Phi) is 6.60. The second-order valence-corrected chi connectivity index (χ2v) is 9.40. The van der Waals surface area contributed by atoms with Crippen molar-refractivity contribution in [3.05, 3.63) is 84.3 Å². The van der Waals surface area contributed by atoms with E-state index in [0.717, 1.165) is 59.9 Å². The molecule has 4 heterocycles. The number of carbonyl (C=O) groups is 1. The molecule has 3 aromatic heterocycles. The van der Waals surface area contributed by atoms with E-state index in [9.17, 15) is 4.79 Å². The van der Waals surface area contributed by atoms with Crippen LogP contribution in [-0.4, -0.2) is 56.9 Å². The lowest BCUT2D eigenvalue weighted by atomic mass is 10.1. The highest BCUT2D eigenvalue weighted by atomic mass is 16.5. The molecule has 0 bridgehead atoms. The number of fused-ring (bicyclic) bond motifs is 1. The first kappa shape index (κ1) is 24.5. The van der Waals surface area contributed by atoms with Crippen molar-refractivity contribution in [3.63, 3.8) is 0 Å². The minimum atomic E-state index is -0.192. The minimum absolute atomic E-state index is 0.192. The summed E-state index contributed by atoms with van der Waals surface area (Å²) >= 11 is 0. The fraction of sp³-hybridized carbons (Fsp3) is 0.207. The highest BCUT2D eigenvalue weighted by Crippen LogP contribution is 2.29. The van der Waals surface area contributed by atoms with Gasteiger partial charge in [0.05, 0.1) is 24.8 Å². The van der Waals surface area contributed by atoms with Crippen molar-refractivity contribution in [2.45, 2.75) is 6.92 Å². The highest BCUT2D eigenvalue weighted by Gasteiger charge is 2.16. The van der Waals surface area contributed by atoms with Crippen LogP contribution in [0, 0.1) is 6.92 Å². The van der Waals surface area contributed by atoms with Crippen molar-refractivity contribution in [1.29, 1.82) is 0 Å². The maximum atomic E-state index is 13.2. The van der Waals surface area contributed by atoms with E-state index in [1.165, 1.54) is 0 Å². The molecule has 1 saturated heterocycles. The van der Waals surface area contributed by atoms with Crippen LogP contribution in [0.2, 0.25) is 0 Å². The maximum absolute atomic E-state index is 13.2. The van der Waals surface area contributed by atoms with E-state index in [1.807, 2.05) is 68.6 Å². The number of benzene rings is 2. The first-order valence-electron chi connectivity index (χ1n) is 12.8. The van der Waals surface area contributed by atoms with Gasteiger partial charge in [-0.3, -0.25) is 14.5 Å². The summed E-state index contributed by atoms with van der Waals surface area (Å²) in [6.45, 7) is 5.18. The van der Waals surface area contributed by atoms with Crippen LogP contribution in [0.25, 0.3) is 22.4 Å². The molecule has 10 nitrogen and oxygen atoms in total. The van der Waals surface area contributed by atoms with E-state index in [1.54, 1.807) is 23.3 Å². The molecular formula is C29H28N8O2. The van der Waals surface area contributed by atoms with Crippen molar-refractivity contribution in [3.8, 4) is 11.4 Å². The monoisotopic (exact) mass is 520 g/mol. The molecule has 0 spiro atoms. The number of pyridine rings is 1. The molecule has 1 aliphatic rings. The largest absolute Gasteiger partial charge is 0.378 e. The van der Waals surface area contributed by atoms with Gasteiger partial charge in [0.1, 0.15) is 5.82 Å². The predicted octanol–water partition coefficient (Wildman–Crippen LogP) is 4.57. The molecule has 1 fully saturated rings. The summed E-state index contributed by atoms with van der Waals surface area (Å²) in [5.74, 6) is 0.947. The lowest BCUT2D eigenvalue weighted by Crippen LogP contribution is -2.36. The average molecular weight is 521 g/mol. The van der Waals surface area contributed by atoms with Crippen LogP contribution < -0.4 is 15.5 Å². The number of rotatable bonds is 6. The standard InChI is InChI=1S/C29H28N8O2/c1-19-5-6-20(29(38)32-22-7-9-23(10-8-22)37-12-14-39-15-13-37)16-25(19)33-27-24-18-31-36(2)28(24)35-26(34-27)21-4-3-11-30-17-21/h3-11,16-18H,12-15H2,1-2H3,(H,32,38)(H,33,34,35). The predicted molar refractivity (Wildman–Crippen MR) is 151 cm³/mol. The van der Waals surface area contributed by atoms with Gasteiger partial charge in [0, 0.05) is 60.7 Å². The van der Waals surface area contributed by atoms with E-state index >= 15 is 0 Å². The molecule has 0 unspecified atom stereocenters. The highest BCUT2D eigenvalue weighted by molar-refractivity contribution is 6.05. The summed E-state index contributed by atoms with van der Waals surface area (Å²) in [4.78, 5) is 29.1. The summed E-state index contributed by atoms with van der Waals surface area (Å²) in [5, 5.41) is 11.6. The van der Waals surface area contributed by atoms with E-state index in [4.69, 9.17) is 14.7 Å². The zero-order valence-electron chi connectivity index (χ0n) is 21.8. The van der Waals surface area contributed by atoms with Crippen LogP contribution in [0.1, 0.15) is 15.9 Å². The smallest absolute Gasteiger partial charge is 0.255 e. The molecule has 2 aromatic carbocycles. The van der Waals surface area contributed by atoms with E-state index < -0.39 is 0 Å². The average Bonchev–Trinajstić information content (AvgIpc) is 3.36. The Balaban J connectivity index is 1.25. The van der Waals surface area contributed by atoms with Gasteiger partial charge >= 0.3 is 0 Å². The molecule has 196 valence electrons. The van der Waals surface area contributed by atoms with Gasteiger partial charge in [-0.25, -0.2) is 9.97 Å². The van der Waals surface area contributed by atoms with Gasteiger partial charge < -0.3 is 20.3 Å². The van der Waals surface area contributed by atoms with Gasteiger partial charge in [-0.1, -0.05) is 6.07 Å². The van der Waals surface area contributed by atoms with Crippen LogP contribution in [-0.2, 0) is 11.8 Å². The Morgan fingerprint density at radius 2 is 1.82 bits per heavy atom. The fourth-order valence-corrected chi connectivity index (χ4v) is 4.55. The number of carbonyl (C=O) groups excluding carboxylic acids is 1. The van der Waals surface area contributed by atoms with Crippen LogP contribution in [0.5, 0.6) is 0 Å².